The fraction of sp³-hybridized carbons (Fsp3) is 0.278. The van der Waals surface area contributed by atoms with Crippen LogP contribution in [0.4, 0.5) is 5.69 Å². The summed E-state index contributed by atoms with van der Waals surface area (Å²) < 4.78 is 17.4. The number of rotatable bonds is 6. The zero-order valence-electron chi connectivity index (χ0n) is 15.1. The summed E-state index contributed by atoms with van der Waals surface area (Å²) >= 11 is 0. The van der Waals surface area contributed by atoms with Gasteiger partial charge in [0.25, 0.3) is 5.91 Å². The Bertz CT molecular complexity index is 910. The minimum atomic E-state index is -0.308. The van der Waals surface area contributed by atoms with E-state index < -0.39 is 0 Å². The molecule has 0 atom stereocenters. The van der Waals surface area contributed by atoms with Crippen LogP contribution >= 0.6 is 0 Å². The first kappa shape index (κ1) is 17.5. The van der Waals surface area contributed by atoms with E-state index in [2.05, 4.69) is 15.6 Å². The molecule has 0 spiro atoms. The molecule has 136 valence electrons. The summed E-state index contributed by atoms with van der Waals surface area (Å²) in [6.45, 7) is 4.25. The summed E-state index contributed by atoms with van der Waals surface area (Å²) in [5.74, 6) is 1.33. The van der Waals surface area contributed by atoms with Gasteiger partial charge in [-0.15, -0.1) is 0 Å². The van der Waals surface area contributed by atoms with Crippen LogP contribution in [0.15, 0.2) is 35.1 Å². The lowest BCUT2D eigenvalue weighted by Crippen LogP contribution is -2.13. The third kappa shape index (κ3) is 3.39. The van der Waals surface area contributed by atoms with E-state index in [0.717, 1.165) is 17.0 Å². The number of ether oxygens (including phenoxy) is 2. The molecule has 1 amide bonds. The van der Waals surface area contributed by atoms with Gasteiger partial charge in [-0.25, -0.2) is 0 Å². The molecule has 0 saturated carbocycles. The van der Waals surface area contributed by atoms with E-state index in [9.17, 15) is 4.79 Å². The molecule has 2 aromatic heterocycles. The van der Waals surface area contributed by atoms with Crippen molar-refractivity contribution >= 4 is 11.6 Å². The molecule has 0 aliphatic carbocycles. The third-order valence-corrected chi connectivity index (χ3v) is 4.04. The quantitative estimate of drug-likeness (QED) is 0.730. The van der Waals surface area contributed by atoms with Crippen LogP contribution in [0, 0.1) is 13.8 Å². The van der Waals surface area contributed by atoms with Gasteiger partial charge >= 0.3 is 0 Å². The summed E-state index contributed by atoms with van der Waals surface area (Å²) in [7, 11) is 3.02. The zero-order valence-corrected chi connectivity index (χ0v) is 15.1. The Morgan fingerprint density at radius 3 is 2.73 bits per heavy atom. The largest absolute Gasteiger partial charge is 0.493 e. The molecule has 0 aliphatic heterocycles. The Morgan fingerprint density at radius 1 is 1.27 bits per heavy atom. The number of anilines is 1. The topological polar surface area (TPSA) is 91.4 Å². The van der Waals surface area contributed by atoms with E-state index in [1.807, 2.05) is 13.8 Å². The van der Waals surface area contributed by atoms with Gasteiger partial charge in [0, 0.05) is 11.8 Å². The Hall–Kier alpha value is -3.29. The number of hydrogen-bond acceptors (Lipinski definition) is 6. The number of carbonyl (C=O) groups excluding carboxylic acids is 1. The van der Waals surface area contributed by atoms with E-state index in [1.54, 1.807) is 35.3 Å². The predicted molar refractivity (Wildman–Crippen MR) is 94.8 cm³/mol. The molecule has 8 heteroatoms. The van der Waals surface area contributed by atoms with E-state index >= 15 is 0 Å². The zero-order chi connectivity index (χ0) is 18.7. The number of amides is 1. The van der Waals surface area contributed by atoms with Crippen LogP contribution in [-0.4, -0.2) is 35.1 Å². The standard InChI is InChI=1S/C18H20N4O4/c1-11-15(12(2)26-21-11)10-22-9-13(8-19-22)20-18(23)14-6-5-7-16(24-3)17(14)25-4/h5-9H,10H2,1-4H3,(H,20,23). The van der Waals surface area contributed by atoms with Crippen LogP contribution in [0.25, 0.3) is 0 Å². The summed E-state index contributed by atoms with van der Waals surface area (Å²) in [6.07, 6.45) is 3.33. The molecule has 0 aliphatic rings. The number of benzene rings is 1. The first-order valence-electron chi connectivity index (χ1n) is 8.00. The molecule has 0 saturated heterocycles. The molecule has 3 rings (SSSR count). The number of hydrogen-bond donors (Lipinski definition) is 1. The molecule has 1 N–H and O–H groups in total. The lowest BCUT2D eigenvalue weighted by Gasteiger charge is -2.11. The molecule has 2 heterocycles. The first-order chi connectivity index (χ1) is 12.5. The lowest BCUT2D eigenvalue weighted by molar-refractivity contribution is 0.102. The summed E-state index contributed by atoms with van der Waals surface area (Å²) in [6, 6.07) is 5.14. The molecule has 1 aromatic carbocycles. The number of aryl methyl sites for hydroxylation is 2. The molecule has 0 bridgehead atoms. The van der Waals surface area contributed by atoms with Gasteiger partial charge in [-0.3, -0.25) is 9.48 Å². The van der Waals surface area contributed by atoms with Crippen molar-refractivity contribution in [3.8, 4) is 11.5 Å². The molecule has 0 unspecified atom stereocenters. The molecular weight excluding hydrogens is 336 g/mol. The van der Waals surface area contributed by atoms with Gasteiger partial charge in [0.15, 0.2) is 11.5 Å². The number of methoxy groups -OCH3 is 2. The van der Waals surface area contributed by atoms with Crippen LogP contribution in [0.5, 0.6) is 11.5 Å². The van der Waals surface area contributed by atoms with Gasteiger partial charge in [0.2, 0.25) is 0 Å². The summed E-state index contributed by atoms with van der Waals surface area (Å²) in [5.41, 5.74) is 2.75. The van der Waals surface area contributed by atoms with Crippen molar-refractivity contribution in [2.24, 2.45) is 0 Å². The number of nitrogens with zero attached hydrogens (tertiary/aromatic N) is 3. The monoisotopic (exact) mass is 356 g/mol. The van der Waals surface area contributed by atoms with Crippen molar-refractivity contribution in [3.05, 3.63) is 53.2 Å². The van der Waals surface area contributed by atoms with Crippen molar-refractivity contribution in [3.63, 3.8) is 0 Å². The van der Waals surface area contributed by atoms with Crippen molar-refractivity contribution in [2.75, 3.05) is 19.5 Å². The van der Waals surface area contributed by atoms with Gasteiger partial charge in [-0.05, 0) is 26.0 Å². The second-order valence-electron chi connectivity index (χ2n) is 5.72. The van der Waals surface area contributed by atoms with Crippen LogP contribution in [0.3, 0.4) is 0 Å². The van der Waals surface area contributed by atoms with E-state index in [0.29, 0.717) is 29.3 Å². The second kappa shape index (κ2) is 7.30. The first-order valence-corrected chi connectivity index (χ1v) is 8.00. The minimum Gasteiger partial charge on any atom is -0.493 e. The summed E-state index contributed by atoms with van der Waals surface area (Å²) in [5, 5.41) is 11.0. The molecular formula is C18H20N4O4. The molecule has 8 nitrogen and oxygen atoms in total. The number of para-hydroxylation sites is 1. The van der Waals surface area contributed by atoms with E-state index in [-0.39, 0.29) is 5.91 Å². The normalized spacial score (nSPS) is 10.6. The van der Waals surface area contributed by atoms with Crippen LogP contribution < -0.4 is 14.8 Å². The average Bonchev–Trinajstić information content (AvgIpc) is 3.22. The Morgan fingerprint density at radius 2 is 2.08 bits per heavy atom. The molecule has 0 radical (unpaired) electrons. The fourth-order valence-corrected chi connectivity index (χ4v) is 2.67. The van der Waals surface area contributed by atoms with Gasteiger partial charge in [0.1, 0.15) is 5.76 Å². The van der Waals surface area contributed by atoms with E-state index in [4.69, 9.17) is 14.0 Å². The van der Waals surface area contributed by atoms with Crippen molar-refractivity contribution in [1.82, 2.24) is 14.9 Å². The third-order valence-electron chi connectivity index (χ3n) is 4.04. The highest BCUT2D eigenvalue weighted by Crippen LogP contribution is 2.31. The Balaban J connectivity index is 1.76. The highest BCUT2D eigenvalue weighted by Gasteiger charge is 2.17. The average molecular weight is 356 g/mol. The SMILES string of the molecule is COc1cccc(C(=O)Nc2cnn(Cc3c(C)noc3C)c2)c1OC. The highest BCUT2D eigenvalue weighted by molar-refractivity contribution is 6.06. The second-order valence-corrected chi connectivity index (χ2v) is 5.72. The maximum atomic E-state index is 12.6. The van der Waals surface area contributed by atoms with Gasteiger partial charge in [-0.2, -0.15) is 5.10 Å². The molecule has 0 fully saturated rings. The number of carbonyl (C=O) groups is 1. The fourth-order valence-electron chi connectivity index (χ4n) is 2.67. The van der Waals surface area contributed by atoms with E-state index in [1.165, 1.54) is 14.2 Å². The number of aromatic nitrogens is 3. The van der Waals surface area contributed by atoms with Crippen molar-refractivity contribution in [1.29, 1.82) is 0 Å². The van der Waals surface area contributed by atoms with Gasteiger partial charge < -0.3 is 19.3 Å². The minimum absolute atomic E-state index is 0.308. The maximum absolute atomic E-state index is 12.6. The Kier molecular flexibility index (Phi) is 4.92. The predicted octanol–water partition coefficient (Wildman–Crippen LogP) is 2.81. The summed E-state index contributed by atoms with van der Waals surface area (Å²) in [4.78, 5) is 12.6. The van der Waals surface area contributed by atoms with Crippen molar-refractivity contribution in [2.45, 2.75) is 20.4 Å². The van der Waals surface area contributed by atoms with Gasteiger partial charge in [0.05, 0.1) is 43.9 Å². The maximum Gasteiger partial charge on any atom is 0.259 e. The smallest absolute Gasteiger partial charge is 0.259 e. The lowest BCUT2D eigenvalue weighted by atomic mass is 10.1. The Labute approximate surface area is 150 Å². The molecule has 26 heavy (non-hydrogen) atoms. The van der Waals surface area contributed by atoms with Gasteiger partial charge in [-0.1, -0.05) is 11.2 Å². The molecule has 3 aromatic rings. The van der Waals surface area contributed by atoms with Crippen LogP contribution in [-0.2, 0) is 6.54 Å². The number of nitrogens with one attached hydrogen (secondary N) is 1. The van der Waals surface area contributed by atoms with Crippen LogP contribution in [0.1, 0.15) is 27.4 Å². The highest BCUT2D eigenvalue weighted by atomic mass is 16.5. The van der Waals surface area contributed by atoms with Crippen molar-refractivity contribution < 1.29 is 18.8 Å². The van der Waals surface area contributed by atoms with Crippen LogP contribution in [0.2, 0.25) is 0 Å².